The zero-order chi connectivity index (χ0) is 15.2. The lowest BCUT2D eigenvalue weighted by Gasteiger charge is -2.12. The number of benzene rings is 1. The molecule has 110 valence electrons. The first-order valence-electron chi connectivity index (χ1n) is 6.22. The number of hydrazone groups is 1. The zero-order valence-corrected chi connectivity index (χ0v) is 11.1. The number of nitrogens with one attached hydrogen (secondary N) is 2. The molecule has 1 aromatic carbocycles. The van der Waals surface area contributed by atoms with Gasteiger partial charge in [-0.25, -0.2) is 5.43 Å². The van der Waals surface area contributed by atoms with Gasteiger partial charge in [0.1, 0.15) is 11.5 Å². The molecule has 0 fully saturated rings. The van der Waals surface area contributed by atoms with Gasteiger partial charge in [-0.3, -0.25) is 14.4 Å². The number of nitrogens with zero attached hydrogens (tertiary/aromatic N) is 1. The summed E-state index contributed by atoms with van der Waals surface area (Å²) in [6.07, 6.45) is 0.517. The Labute approximate surface area is 120 Å². The van der Waals surface area contributed by atoms with Crippen LogP contribution in [0.2, 0.25) is 0 Å². The molecule has 8 heteroatoms. The molecule has 0 saturated carbocycles. The second-order valence-corrected chi connectivity index (χ2v) is 4.33. The third-order valence-electron chi connectivity index (χ3n) is 2.64. The van der Waals surface area contributed by atoms with Gasteiger partial charge in [-0.15, -0.1) is 0 Å². The van der Waals surface area contributed by atoms with E-state index in [1.54, 1.807) is 24.3 Å². The van der Waals surface area contributed by atoms with E-state index in [9.17, 15) is 14.4 Å². The molecule has 0 unspecified atom stereocenters. The van der Waals surface area contributed by atoms with Gasteiger partial charge < -0.3 is 15.8 Å². The molecule has 3 amide bonds. The van der Waals surface area contributed by atoms with Crippen LogP contribution in [0.3, 0.4) is 0 Å². The predicted molar refractivity (Wildman–Crippen MR) is 74.6 cm³/mol. The highest BCUT2D eigenvalue weighted by Gasteiger charge is 2.18. The number of nitrogens with two attached hydrogens (primary N) is 1. The maximum absolute atomic E-state index is 11.9. The predicted octanol–water partition coefficient (Wildman–Crippen LogP) is -0.245. The minimum absolute atomic E-state index is 0.214. The van der Waals surface area contributed by atoms with Gasteiger partial charge in [0, 0.05) is 24.6 Å². The summed E-state index contributed by atoms with van der Waals surface area (Å²) in [7, 11) is 0. The van der Waals surface area contributed by atoms with Crippen molar-refractivity contribution >= 4 is 29.1 Å². The molecule has 2 rings (SSSR count). The molecule has 4 N–H and O–H groups in total. The SMILES string of the molecule is NC(=O)COc1cccc(NC(=O)C2=NNC(=O)CC2)c1. The van der Waals surface area contributed by atoms with Crippen LogP contribution >= 0.6 is 0 Å². The highest BCUT2D eigenvalue weighted by atomic mass is 16.5. The number of amides is 3. The minimum atomic E-state index is -0.586. The summed E-state index contributed by atoms with van der Waals surface area (Å²) in [6.45, 7) is -0.240. The van der Waals surface area contributed by atoms with Crippen molar-refractivity contribution in [3.8, 4) is 5.75 Å². The summed E-state index contributed by atoms with van der Waals surface area (Å²) in [5, 5.41) is 6.34. The first-order chi connectivity index (χ1) is 10.0. The van der Waals surface area contributed by atoms with Crippen LogP contribution in [-0.4, -0.2) is 30.0 Å². The Morgan fingerprint density at radius 3 is 2.86 bits per heavy atom. The van der Waals surface area contributed by atoms with Crippen LogP contribution in [0.4, 0.5) is 5.69 Å². The van der Waals surface area contributed by atoms with Gasteiger partial charge in [-0.1, -0.05) is 6.07 Å². The van der Waals surface area contributed by atoms with Crippen molar-refractivity contribution in [2.24, 2.45) is 10.8 Å². The van der Waals surface area contributed by atoms with Gasteiger partial charge in [-0.2, -0.15) is 5.10 Å². The highest BCUT2D eigenvalue weighted by Crippen LogP contribution is 2.17. The number of carbonyl (C=O) groups excluding carboxylic acids is 3. The summed E-state index contributed by atoms with van der Waals surface area (Å²) >= 11 is 0. The number of primary amides is 1. The first-order valence-corrected chi connectivity index (χ1v) is 6.22. The van der Waals surface area contributed by atoms with Gasteiger partial charge in [0.25, 0.3) is 11.8 Å². The van der Waals surface area contributed by atoms with Gasteiger partial charge in [0.15, 0.2) is 6.61 Å². The first kappa shape index (κ1) is 14.5. The number of anilines is 1. The van der Waals surface area contributed by atoms with Crippen molar-refractivity contribution < 1.29 is 19.1 Å². The highest BCUT2D eigenvalue weighted by molar-refractivity contribution is 6.43. The molecule has 1 aromatic rings. The topological polar surface area (TPSA) is 123 Å². The summed E-state index contributed by atoms with van der Waals surface area (Å²) in [6, 6.07) is 6.52. The average Bonchev–Trinajstić information content (AvgIpc) is 2.46. The van der Waals surface area contributed by atoms with E-state index >= 15 is 0 Å². The Bertz CT molecular complexity index is 612. The Hall–Kier alpha value is -2.90. The number of hydrogen-bond acceptors (Lipinski definition) is 5. The second-order valence-electron chi connectivity index (χ2n) is 4.33. The smallest absolute Gasteiger partial charge is 0.271 e. The standard InChI is InChI=1S/C13H14N4O4/c14-11(18)7-21-9-3-1-2-8(6-9)15-13(20)10-4-5-12(19)17-16-10/h1-3,6H,4-5,7H2,(H2,14,18)(H,15,20)(H,17,19). The van der Waals surface area contributed by atoms with Crippen molar-refractivity contribution in [1.29, 1.82) is 0 Å². The summed E-state index contributed by atoms with van der Waals surface area (Å²) in [5.74, 6) is -0.794. The van der Waals surface area contributed by atoms with Crippen LogP contribution in [0.1, 0.15) is 12.8 Å². The van der Waals surface area contributed by atoms with Crippen LogP contribution in [0.5, 0.6) is 5.75 Å². The van der Waals surface area contributed by atoms with Crippen LogP contribution in [0, 0.1) is 0 Å². The van der Waals surface area contributed by atoms with Crippen LogP contribution in [0.25, 0.3) is 0 Å². The molecule has 0 radical (unpaired) electrons. The third-order valence-corrected chi connectivity index (χ3v) is 2.64. The maximum atomic E-state index is 11.9. The monoisotopic (exact) mass is 290 g/mol. The van der Waals surface area contributed by atoms with E-state index in [1.807, 2.05) is 0 Å². The van der Waals surface area contributed by atoms with Gasteiger partial charge in [0.2, 0.25) is 5.91 Å². The Morgan fingerprint density at radius 1 is 1.38 bits per heavy atom. The minimum Gasteiger partial charge on any atom is -0.484 e. The Balaban J connectivity index is 1.99. The molecule has 21 heavy (non-hydrogen) atoms. The molecule has 0 bridgehead atoms. The second kappa shape index (κ2) is 6.51. The fraction of sp³-hybridized carbons (Fsp3) is 0.231. The lowest BCUT2D eigenvalue weighted by Crippen LogP contribution is -2.32. The van der Waals surface area contributed by atoms with Crippen LogP contribution < -0.4 is 21.2 Å². The third kappa shape index (κ3) is 4.30. The summed E-state index contributed by atoms with van der Waals surface area (Å²) < 4.78 is 5.14. The summed E-state index contributed by atoms with van der Waals surface area (Å²) in [5.41, 5.74) is 7.97. The van der Waals surface area contributed by atoms with E-state index in [-0.39, 0.29) is 31.1 Å². The van der Waals surface area contributed by atoms with E-state index < -0.39 is 11.8 Å². The van der Waals surface area contributed by atoms with E-state index in [4.69, 9.17) is 10.5 Å². The van der Waals surface area contributed by atoms with Gasteiger partial charge in [0.05, 0.1) is 0 Å². The molecule has 0 atom stereocenters. The molecule has 0 aliphatic carbocycles. The number of rotatable bonds is 5. The number of ether oxygens (including phenoxy) is 1. The van der Waals surface area contributed by atoms with E-state index in [1.165, 1.54) is 0 Å². The lowest BCUT2D eigenvalue weighted by atomic mass is 10.1. The molecule has 0 spiro atoms. The fourth-order valence-corrected chi connectivity index (χ4v) is 1.66. The van der Waals surface area contributed by atoms with Gasteiger partial charge >= 0.3 is 0 Å². The lowest BCUT2D eigenvalue weighted by molar-refractivity contribution is -0.121. The van der Waals surface area contributed by atoms with Crippen molar-refractivity contribution in [3.63, 3.8) is 0 Å². The molecule has 1 aliphatic heterocycles. The average molecular weight is 290 g/mol. The number of carbonyl (C=O) groups is 3. The fourth-order valence-electron chi connectivity index (χ4n) is 1.66. The van der Waals surface area contributed by atoms with E-state index in [0.29, 0.717) is 11.4 Å². The Morgan fingerprint density at radius 2 is 2.19 bits per heavy atom. The molecular weight excluding hydrogens is 276 g/mol. The molecule has 1 aliphatic rings. The molecule has 0 aromatic heterocycles. The zero-order valence-electron chi connectivity index (χ0n) is 11.1. The molecule has 1 heterocycles. The van der Waals surface area contributed by atoms with Crippen molar-refractivity contribution in [2.45, 2.75) is 12.8 Å². The van der Waals surface area contributed by atoms with Crippen molar-refractivity contribution in [2.75, 3.05) is 11.9 Å². The van der Waals surface area contributed by atoms with Crippen molar-refractivity contribution in [3.05, 3.63) is 24.3 Å². The quantitative estimate of drug-likeness (QED) is 0.692. The van der Waals surface area contributed by atoms with Crippen molar-refractivity contribution in [1.82, 2.24) is 5.43 Å². The van der Waals surface area contributed by atoms with Gasteiger partial charge in [-0.05, 0) is 12.1 Å². The normalized spacial score (nSPS) is 13.9. The van der Waals surface area contributed by atoms with Crippen LogP contribution in [0.15, 0.2) is 29.4 Å². The van der Waals surface area contributed by atoms with E-state index in [0.717, 1.165) is 0 Å². The molecule has 0 saturated heterocycles. The molecule has 8 nitrogen and oxygen atoms in total. The van der Waals surface area contributed by atoms with Crippen LogP contribution in [-0.2, 0) is 14.4 Å². The van der Waals surface area contributed by atoms with E-state index in [2.05, 4.69) is 15.8 Å². The summed E-state index contributed by atoms with van der Waals surface area (Å²) in [4.78, 5) is 33.5. The molecular formula is C13H14N4O4. The number of hydrogen-bond donors (Lipinski definition) is 3. The largest absolute Gasteiger partial charge is 0.484 e. The Kier molecular flexibility index (Phi) is 4.50. The maximum Gasteiger partial charge on any atom is 0.271 e.